The molecule has 162 valence electrons. The van der Waals surface area contributed by atoms with Gasteiger partial charge in [-0.15, -0.1) is 0 Å². The van der Waals surface area contributed by atoms with E-state index < -0.39 is 10.0 Å². The van der Waals surface area contributed by atoms with Gasteiger partial charge in [-0.1, -0.05) is 49.7 Å². The summed E-state index contributed by atoms with van der Waals surface area (Å²) in [6.07, 6.45) is 0. The minimum absolute atomic E-state index is 0.109. The summed E-state index contributed by atoms with van der Waals surface area (Å²) in [4.78, 5) is 17.3. The van der Waals surface area contributed by atoms with Crippen LogP contribution in [0.4, 0.5) is 0 Å². The second-order valence-electron chi connectivity index (χ2n) is 7.67. The third-order valence-corrected chi connectivity index (χ3v) is 7.62. The van der Waals surface area contributed by atoms with Crippen LogP contribution in [0.25, 0.3) is 0 Å². The van der Waals surface area contributed by atoms with Gasteiger partial charge < -0.3 is 4.90 Å². The number of benzene rings is 2. The Labute approximate surface area is 180 Å². The maximum absolute atomic E-state index is 13.0. The highest BCUT2D eigenvalue weighted by molar-refractivity contribution is 7.89. The second-order valence-corrected chi connectivity index (χ2v) is 9.61. The zero-order valence-corrected chi connectivity index (χ0v) is 18.9. The molecule has 2 aromatic rings. The maximum atomic E-state index is 13.0. The molecule has 3 rings (SSSR count). The molecule has 1 heterocycles. The predicted octanol–water partition coefficient (Wildman–Crippen LogP) is 2.98. The number of amides is 1. The highest BCUT2D eigenvalue weighted by Gasteiger charge is 2.25. The zero-order valence-electron chi connectivity index (χ0n) is 18.0. The standard InChI is InChI=1S/C23H31N3O3S/c1-4-26(5-2)30(28,29)22-11-7-10-21(17-22)23(27)25-14-12-24(13-15-25)18-20-9-6-8-19(3)16-20/h6-11,16-17H,4-5,12-15,18H2,1-3H3. The van der Waals surface area contributed by atoms with Crippen LogP contribution in [0.15, 0.2) is 53.4 Å². The number of carbonyl (C=O) groups is 1. The van der Waals surface area contributed by atoms with E-state index in [1.165, 1.54) is 21.5 Å². The Balaban J connectivity index is 1.65. The van der Waals surface area contributed by atoms with Gasteiger partial charge in [0.25, 0.3) is 5.91 Å². The highest BCUT2D eigenvalue weighted by atomic mass is 32.2. The number of piperazine rings is 1. The Morgan fingerprint density at radius 3 is 2.27 bits per heavy atom. The van der Waals surface area contributed by atoms with Gasteiger partial charge in [-0.3, -0.25) is 9.69 Å². The molecule has 2 aromatic carbocycles. The van der Waals surface area contributed by atoms with Gasteiger partial charge in [0.15, 0.2) is 0 Å². The molecule has 0 aromatic heterocycles. The molecule has 0 unspecified atom stereocenters. The van der Waals surface area contributed by atoms with Crippen molar-refractivity contribution < 1.29 is 13.2 Å². The lowest BCUT2D eigenvalue weighted by molar-refractivity contribution is 0.0628. The molecule has 0 N–H and O–H groups in total. The van der Waals surface area contributed by atoms with E-state index in [0.717, 1.165) is 19.6 Å². The van der Waals surface area contributed by atoms with Gasteiger partial charge in [-0.2, -0.15) is 4.31 Å². The van der Waals surface area contributed by atoms with E-state index in [9.17, 15) is 13.2 Å². The number of nitrogens with zero attached hydrogens (tertiary/aromatic N) is 3. The molecule has 7 heteroatoms. The molecular formula is C23H31N3O3S. The van der Waals surface area contributed by atoms with E-state index in [0.29, 0.717) is 31.7 Å². The van der Waals surface area contributed by atoms with Crippen molar-refractivity contribution in [2.24, 2.45) is 0 Å². The summed E-state index contributed by atoms with van der Waals surface area (Å²) in [5.74, 6) is -0.109. The van der Waals surface area contributed by atoms with Crippen LogP contribution < -0.4 is 0 Å². The fraction of sp³-hybridized carbons (Fsp3) is 0.435. The molecule has 1 aliphatic rings. The lowest BCUT2D eigenvalue weighted by Gasteiger charge is -2.35. The number of rotatable bonds is 7. The average molecular weight is 430 g/mol. The third-order valence-electron chi connectivity index (χ3n) is 5.57. The zero-order chi connectivity index (χ0) is 21.7. The second kappa shape index (κ2) is 9.73. The maximum Gasteiger partial charge on any atom is 0.253 e. The molecule has 0 saturated carbocycles. The molecule has 1 aliphatic heterocycles. The van der Waals surface area contributed by atoms with Crippen LogP contribution in [0, 0.1) is 6.92 Å². The number of hydrogen-bond acceptors (Lipinski definition) is 4. The molecule has 1 amide bonds. The van der Waals surface area contributed by atoms with E-state index >= 15 is 0 Å². The fourth-order valence-electron chi connectivity index (χ4n) is 3.86. The summed E-state index contributed by atoms with van der Waals surface area (Å²) in [5, 5.41) is 0. The van der Waals surface area contributed by atoms with Gasteiger partial charge >= 0.3 is 0 Å². The molecule has 1 saturated heterocycles. The Bertz CT molecular complexity index is 979. The van der Waals surface area contributed by atoms with E-state index in [2.05, 4.69) is 36.1 Å². The Hall–Kier alpha value is -2.22. The molecule has 1 fully saturated rings. The Kier molecular flexibility index (Phi) is 7.28. The minimum Gasteiger partial charge on any atom is -0.336 e. The van der Waals surface area contributed by atoms with Crippen molar-refractivity contribution in [1.82, 2.24) is 14.1 Å². The van der Waals surface area contributed by atoms with Gasteiger partial charge in [0, 0.05) is 51.4 Å². The largest absolute Gasteiger partial charge is 0.336 e. The van der Waals surface area contributed by atoms with Crippen LogP contribution in [-0.2, 0) is 16.6 Å². The molecule has 30 heavy (non-hydrogen) atoms. The van der Waals surface area contributed by atoms with Crippen LogP contribution in [0.2, 0.25) is 0 Å². The van der Waals surface area contributed by atoms with Crippen molar-refractivity contribution in [2.45, 2.75) is 32.2 Å². The smallest absolute Gasteiger partial charge is 0.253 e. The SMILES string of the molecule is CCN(CC)S(=O)(=O)c1cccc(C(=O)N2CCN(Cc3cccc(C)c3)CC2)c1. The van der Waals surface area contributed by atoms with Gasteiger partial charge in [0.2, 0.25) is 10.0 Å². The molecule has 0 spiro atoms. The summed E-state index contributed by atoms with van der Waals surface area (Å²) >= 11 is 0. The fourth-order valence-corrected chi connectivity index (χ4v) is 5.37. The van der Waals surface area contributed by atoms with Crippen LogP contribution in [0.5, 0.6) is 0 Å². The quantitative estimate of drug-likeness (QED) is 0.679. The molecule has 0 atom stereocenters. The first-order valence-corrected chi connectivity index (χ1v) is 12.0. The minimum atomic E-state index is -3.58. The van der Waals surface area contributed by atoms with Gasteiger partial charge in [-0.05, 0) is 30.7 Å². The Morgan fingerprint density at radius 1 is 0.967 bits per heavy atom. The topological polar surface area (TPSA) is 60.9 Å². The van der Waals surface area contributed by atoms with E-state index in [1.807, 2.05) is 18.7 Å². The number of hydrogen-bond donors (Lipinski definition) is 0. The lowest BCUT2D eigenvalue weighted by Crippen LogP contribution is -2.48. The van der Waals surface area contributed by atoms with Crippen molar-refractivity contribution in [3.05, 3.63) is 65.2 Å². The average Bonchev–Trinajstić information content (AvgIpc) is 2.74. The normalized spacial score (nSPS) is 15.5. The monoisotopic (exact) mass is 429 g/mol. The predicted molar refractivity (Wildman–Crippen MR) is 119 cm³/mol. The van der Waals surface area contributed by atoms with Crippen LogP contribution >= 0.6 is 0 Å². The molecule has 6 nitrogen and oxygen atoms in total. The lowest BCUT2D eigenvalue weighted by atomic mass is 10.1. The first-order valence-electron chi connectivity index (χ1n) is 10.5. The highest BCUT2D eigenvalue weighted by Crippen LogP contribution is 2.19. The molecule has 0 bridgehead atoms. The summed E-state index contributed by atoms with van der Waals surface area (Å²) in [5.41, 5.74) is 2.96. The molecule has 0 radical (unpaired) electrons. The van der Waals surface area contributed by atoms with E-state index in [1.54, 1.807) is 18.2 Å². The molecular weight excluding hydrogens is 398 g/mol. The van der Waals surface area contributed by atoms with Gasteiger partial charge in [-0.25, -0.2) is 8.42 Å². The van der Waals surface area contributed by atoms with Crippen molar-refractivity contribution in [3.8, 4) is 0 Å². The van der Waals surface area contributed by atoms with Crippen molar-refractivity contribution >= 4 is 15.9 Å². The van der Waals surface area contributed by atoms with Crippen LogP contribution in [0.3, 0.4) is 0 Å². The van der Waals surface area contributed by atoms with Crippen LogP contribution in [0.1, 0.15) is 35.3 Å². The van der Waals surface area contributed by atoms with E-state index in [4.69, 9.17) is 0 Å². The van der Waals surface area contributed by atoms with Gasteiger partial charge in [0.05, 0.1) is 4.90 Å². The van der Waals surface area contributed by atoms with Crippen LogP contribution in [-0.4, -0.2) is 67.7 Å². The molecule has 0 aliphatic carbocycles. The van der Waals surface area contributed by atoms with E-state index in [-0.39, 0.29) is 10.8 Å². The number of aryl methyl sites for hydroxylation is 1. The van der Waals surface area contributed by atoms with Crippen molar-refractivity contribution in [3.63, 3.8) is 0 Å². The number of carbonyl (C=O) groups excluding carboxylic acids is 1. The number of sulfonamides is 1. The third kappa shape index (κ3) is 5.09. The van der Waals surface area contributed by atoms with Crippen molar-refractivity contribution in [2.75, 3.05) is 39.3 Å². The Morgan fingerprint density at radius 2 is 1.63 bits per heavy atom. The first kappa shape index (κ1) is 22.5. The van der Waals surface area contributed by atoms with Crippen molar-refractivity contribution in [1.29, 1.82) is 0 Å². The summed E-state index contributed by atoms with van der Waals surface area (Å²) < 4.78 is 27.0. The summed E-state index contributed by atoms with van der Waals surface area (Å²) in [7, 11) is -3.58. The van der Waals surface area contributed by atoms with Gasteiger partial charge in [0.1, 0.15) is 0 Å². The summed E-state index contributed by atoms with van der Waals surface area (Å²) in [6.45, 7) is 10.3. The summed E-state index contributed by atoms with van der Waals surface area (Å²) in [6, 6.07) is 14.9. The first-order chi connectivity index (χ1) is 14.3.